The van der Waals surface area contributed by atoms with E-state index in [-0.39, 0.29) is 0 Å². The van der Waals surface area contributed by atoms with Crippen molar-refractivity contribution in [1.29, 1.82) is 0 Å². The van der Waals surface area contributed by atoms with E-state index in [4.69, 9.17) is 0 Å². The Kier molecular flexibility index (Phi) is 6.05. The second kappa shape index (κ2) is 7.33. The number of rotatable bonds is 8. The summed E-state index contributed by atoms with van der Waals surface area (Å²) in [5.41, 5.74) is 1.09. The van der Waals surface area contributed by atoms with Crippen LogP contribution < -0.4 is 5.32 Å². The Morgan fingerprint density at radius 2 is 2.18 bits per heavy atom. The molecule has 0 atom stereocenters. The summed E-state index contributed by atoms with van der Waals surface area (Å²) < 4.78 is 2.22. The highest BCUT2D eigenvalue weighted by Crippen LogP contribution is 2.08. The standard InChI is InChI=1S/C13H26N4/c1-5-7-8-14-13-15-12(3)11-17(13)10-9-16(4)6-2/h11H,5-10H2,1-4H3,(H,14,15). The number of anilines is 1. The Morgan fingerprint density at radius 1 is 1.41 bits per heavy atom. The van der Waals surface area contributed by atoms with Gasteiger partial charge in [0.15, 0.2) is 0 Å². The maximum atomic E-state index is 4.52. The molecular formula is C13H26N4. The molecular weight excluding hydrogens is 212 g/mol. The van der Waals surface area contributed by atoms with E-state index < -0.39 is 0 Å². The van der Waals surface area contributed by atoms with Gasteiger partial charge in [0.05, 0.1) is 5.69 Å². The van der Waals surface area contributed by atoms with Gasteiger partial charge in [0.1, 0.15) is 0 Å². The molecule has 4 nitrogen and oxygen atoms in total. The summed E-state index contributed by atoms with van der Waals surface area (Å²) in [6.45, 7) is 10.6. The molecule has 98 valence electrons. The number of hydrogen-bond donors (Lipinski definition) is 1. The van der Waals surface area contributed by atoms with Gasteiger partial charge in [0.25, 0.3) is 0 Å². The summed E-state index contributed by atoms with van der Waals surface area (Å²) in [6, 6.07) is 0. The van der Waals surface area contributed by atoms with Crippen molar-refractivity contribution in [3.05, 3.63) is 11.9 Å². The lowest BCUT2D eigenvalue weighted by atomic mass is 10.3. The van der Waals surface area contributed by atoms with Gasteiger partial charge in [-0.3, -0.25) is 0 Å². The average molecular weight is 238 g/mol. The first-order chi connectivity index (χ1) is 8.17. The van der Waals surface area contributed by atoms with Crippen LogP contribution in [-0.4, -0.2) is 41.1 Å². The normalized spacial score (nSPS) is 11.1. The lowest BCUT2D eigenvalue weighted by molar-refractivity contribution is 0.336. The zero-order valence-electron chi connectivity index (χ0n) is 11.7. The second-order valence-electron chi connectivity index (χ2n) is 4.58. The summed E-state index contributed by atoms with van der Waals surface area (Å²) in [4.78, 5) is 6.83. The Bertz CT molecular complexity index is 319. The van der Waals surface area contributed by atoms with E-state index in [0.29, 0.717) is 0 Å². The predicted octanol–water partition coefficient (Wildman–Crippen LogP) is 2.36. The summed E-state index contributed by atoms with van der Waals surface area (Å²) in [5, 5.41) is 3.41. The lowest BCUT2D eigenvalue weighted by Crippen LogP contribution is -2.23. The molecule has 1 aromatic rings. The molecule has 0 spiro atoms. The number of aryl methyl sites for hydroxylation is 1. The van der Waals surface area contributed by atoms with Crippen molar-refractivity contribution in [2.75, 3.05) is 32.0 Å². The van der Waals surface area contributed by atoms with E-state index in [1.54, 1.807) is 0 Å². The molecule has 0 aliphatic heterocycles. The minimum Gasteiger partial charge on any atom is -0.356 e. The van der Waals surface area contributed by atoms with Gasteiger partial charge in [0.2, 0.25) is 5.95 Å². The molecule has 0 amide bonds. The highest BCUT2D eigenvalue weighted by molar-refractivity contribution is 5.28. The van der Waals surface area contributed by atoms with E-state index in [1.807, 2.05) is 6.92 Å². The molecule has 1 N–H and O–H groups in total. The Balaban J connectivity index is 2.51. The molecule has 0 fully saturated rings. The number of nitrogens with zero attached hydrogens (tertiary/aromatic N) is 3. The molecule has 17 heavy (non-hydrogen) atoms. The molecule has 1 heterocycles. The van der Waals surface area contributed by atoms with Crippen LogP contribution in [0.4, 0.5) is 5.95 Å². The van der Waals surface area contributed by atoms with Crippen LogP contribution >= 0.6 is 0 Å². The van der Waals surface area contributed by atoms with Gasteiger partial charge >= 0.3 is 0 Å². The first-order valence-electron chi connectivity index (χ1n) is 6.63. The van der Waals surface area contributed by atoms with Gasteiger partial charge in [0, 0.05) is 25.8 Å². The van der Waals surface area contributed by atoms with Crippen molar-refractivity contribution in [1.82, 2.24) is 14.5 Å². The van der Waals surface area contributed by atoms with Crippen molar-refractivity contribution >= 4 is 5.95 Å². The summed E-state index contributed by atoms with van der Waals surface area (Å²) in [7, 11) is 2.15. The quantitative estimate of drug-likeness (QED) is 0.706. The van der Waals surface area contributed by atoms with Crippen LogP contribution in [0.2, 0.25) is 0 Å². The maximum Gasteiger partial charge on any atom is 0.203 e. The molecule has 0 bridgehead atoms. The fourth-order valence-electron chi connectivity index (χ4n) is 1.67. The molecule has 0 saturated heterocycles. The number of nitrogens with one attached hydrogen (secondary N) is 1. The van der Waals surface area contributed by atoms with E-state index >= 15 is 0 Å². The number of imidazole rings is 1. The van der Waals surface area contributed by atoms with E-state index in [9.17, 15) is 0 Å². The van der Waals surface area contributed by atoms with Gasteiger partial charge in [-0.05, 0) is 26.9 Å². The van der Waals surface area contributed by atoms with Crippen molar-refractivity contribution < 1.29 is 0 Å². The minimum absolute atomic E-state index is 1.000. The topological polar surface area (TPSA) is 33.1 Å². The van der Waals surface area contributed by atoms with Crippen molar-refractivity contribution in [2.24, 2.45) is 0 Å². The zero-order valence-corrected chi connectivity index (χ0v) is 11.7. The number of unbranched alkanes of at least 4 members (excludes halogenated alkanes) is 1. The van der Waals surface area contributed by atoms with Gasteiger partial charge in [-0.15, -0.1) is 0 Å². The van der Waals surface area contributed by atoms with Gasteiger partial charge < -0.3 is 14.8 Å². The van der Waals surface area contributed by atoms with Crippen LogP contribution in [0.15, 0.2) is 6.20 Å². The molecule has 0 unspecified atom stereocenters. The van der Waals surface area contributed by atoms with E-state index in [0.717, 1.165) is 37.8 Å². The fraction of sp³-hybridized carbons (Fsp3) is 0.769. The predicted molar refractivity (Wildman–Crippen MR) is 73.5 cm³/mol. The van der Waals surface area contributed by atoms with Crippen LogP contribution in [0, 0.1) is 6.92 Å². The first-order valence-corrected chi connectivity index (χ1v) is 6.63. The average Bonchev–Trinajstić information content (AvgIpc) is 2.67. The molecule has 0 radical (unpaired) electrons. The SMILES string of the molecule is CCCCNc1nc(C)cn1CCN(C)CC. The van der Waals surface area contributed by atoms with Crippen LogP contribution in [0.25, 0.3) is 0 Å². The third-order valence-corrected chi connectivity index (χ3v) is 2.97. The fourth-order valence-corrected chi connectivity index (χ4v) is 1.67. The maximum absolute atomic E-state index is 4.52. The van der Waals surface area contributed by atoms with E-state index in [2.05, 4.69) is 46.9 Å². The largest absolute Gasteiger partial charge is 0.356 e. The third kappa shape index (κ3) is 4.77. The monoisotopic (exact) mass is 238 g/mol. The minimum atomic E-state index is 1.000. The van der Waals surface area contributed by atoms with Crippen LogP contribution in [-0.2, 0) is 6.54 Å². The zero-order chi connectivity index (χ0) is 12.7. The Hall–Kier alpha value is -1.03. The number of aromatic nitrogens is 2. The van der Waals surface area contributed by atoms with Crippen LogP contribution in [0.5, 0.6) is 0 Å². The molecule has 0 aromatic carbocycles. The smallest absolute Gasteiger partial charge is 0.203 e. The Labute approximate surface area is 105 Å². The second-order valence-corrected chi connectivity index (χ2v) is 4.58. The summed E-state index contributed by atoms with van der Waals surface area (Å²) in [6.07, 6.45) is 4.53. The Morgan fingerprint density at radius 3 is 2.82 bits per heavy atom. The van der Waals surface area contributed by atoms with Gasteiger partial charge in [-0.25, -0.2) is 4.98 Å². The first kappa shape index (κ1) is 14.0. The molecule has 1 rings (SSSR count). The van der Waals surface area contributed by atoms with Gasteiger partial charge in [-0.2, -0.15) is 0 Å². The lowest BCUT2D eigenvalue weighted by Gasteiger charge is -2.15. The molecule has 0 aliphatic rings. The molecule has 4 heteroatoms. The summed E-state index contributed by atoms with van der Waals surface area (Å²) >= 11 is 0. The molecule has 0 aliphatic carbocycles. The van der Waals surface area contributed by atoms with Crippen molar-refractivity contribution in [2.45, 2.75) is 40.2 Å². The van der Waals surface area contributed by atoms with E-state index in [1.165, 1.54) is 12.8 Å². The van der Waals surface area contributed by atoms with Gasteiger partial charge in [-0.1, -0.05) is 20.3 Å². The number of likely N-dealkylation sites (N-methyl/N-ethyl adjacent to an activating group) is 1. The number of hydrogen-bond acceptors (Lipinski definition) is 3. The van der Waals surface area contributed by atoms with Crippen LogP contribution in [0.3, 0.4) is 0 Å². The molecule has 0 saturated carbocycles. The third-order valence-electron chi connectivity index (χ3n) is 2.97. The summed E-state index contributed by atoms with van der Waals surface area (Å²) in [5.74, 6) is 1.01. The highest BCUT2D eigenvalue weighted by Gasteiger charge is 2.05. The molecule has 1 aromatic heterocycles. The van der Waals surface area contributed by atoms with Crippen LogP contribution in [0.1, 0.15) is 32.4 Å². The van der Waals surface area contributed by atoms with Crippen molar-refractivity contribution in [3.63, 3.8) is 0 Å². The highest BCUT2D eigenvalue weighted by atomic mass is 15.2. The van der Waals surface area contributed by atoms with Crippen molar-refractivity contribution in [3.8, 4) is 0 Å².